The van der Waals surface area contributed by atoms with Gasteiger partial charge in [0, 0.05) is 6.42 Å². The van der Waals surface area contributed by atoms with Crippen molar-refractivity contribution in [2.45, 2.75) is 12.8 Å². The molecule has 0 saturated carbocycles. The molecule has 2 N–H and O–H groups in total. The van der Waals surface area contributed by atoms with E-state index in [0.717, 1.165) is 17.7 Å². The molecule has 13 heavy (non-hydrogen) atoms. The van der Waals surface area contributed by atoms with Gasteiger partial charge >= 0.3 is 0 Å². The summed E-state index contributed by atoms with van der Waals surface area (Å²) in [4.78, 5) is 4.94. The molecule has 0 saturated heterocycles. The maximum absolute atomic E-state index is 5.34. The minimum Gasteiger partial charge on any atom is -0.473 e. The van der Waals surface area contributed by atoms with Gasteiger partial charge in [-0.3, -0.25) is 0 Å². The number of ether oxygens (including phenoxy) is 1. The third-order valence-electron chi connectivity index (χ3n) is 1.38. The number of nitrogens with zero attached hydrogens (tertiary/aromatic N) is 1. The van der Waals surface area contributed by atoms with Gasteiger partial charge in [-0.2, -0.15) is 0 Å². The molecule has 3 nitrogen and oxygen atoms in total. The summed E-state index contributed by atoms with van der Waals surface area (Å²) < 4.78 is 4.94. The van der Waals surface area contributed by atoms with Crippen LogP contribution in [-0.2, 0) is 0 Å². The third-order valence-corrected chi connectivity index (χ3v) is 2.25. The van der Waals surface area contributed by atoms with Crippen molar-refractivity contribution in [3.8, 4) is 17.0 Å². The molecule has 0 aliphatic heterocycles. The minimum absolute atomic E-state index is 0.656. The molecular weight excluding hydrogens is 184 g/mol. The average molecular weight is 196 g/mol. The average Bonchev–Trinajstić information content (AvgIpc) is 2.60. The van der Waals surface area contributed by atoms with Crippen molar-refractivity contribution in [2.75, 3.05) is 13.7 Å². The van der Waals surface area contributed by atoms with E-state index in [1.807, 2.05) is 0 Å². The summed E-state index contributed by atoms with van der Waals surface area (Å²) in [5.41, 5.74) is 5.34. The molecule has 0 amide bonds. The second-order valence-corrected chi connectivity index (χ2v) is 3.38. The van der Waals surface area contributed by atoms with Crippen LogP contribution in [0.1, 0.15) is 17.7 Å². The Morgan fingerprint density at radius 2 is 2.54 bits per heavy atom. The van der Waals surface area contributed by atoms with Crippen LogP contribution in [0.5, 0.6) is 5.19 Å². The second-order valence-electron chi connectivity index (χ2n) is 2.39. The van der Waals surface area contributed by atoms with Crippen LogP contribution in [0.4, 0.5) is 0 Å². The zero-order valence-corrected chi connectivity index (χ0v) is 8.36. The minimum atomic E-state index is 0.656. The van der Waals surface area contributed by atoms with Gasteiger partial charge in [0.1, 0.15) is 4.88 Å². The lowest BCUT2D eigenvalue weighted by molar-refractivity contribution is 0.412. The monoisotopic (exact) mass is 196 g/mol. The fourth-order valence-electron chi connectivity index (χ4n) is 0.750. The predicted molar refractivity (Wildman–Crippen MR) is 53.8 cm³/mol. The molecule has 0 radical (unpaired) electrons. The van der Waals surface area contributed by atoms with Crippen molar-refractivity contribution in [1.29, 1.82) is 0 Å². The summed E-state index contributed by atoms with van der Waals surface area (Å²) >= 11 is 1.45. The zero-order valence-electron chi connectivity index (χ0n) is 7.54. The van der Waals surface area contributed by atoms with Crippen LogP contribution in [0, 0.1) is 11.8 Å². The largest absolute Gasteiger partial charge is 0.473 e. The maximum Gasteiger partial charge on any atom is 0.274 e. The Morgan fingerprint density at radius 3 is 3.15 bits per heavy atom. The SMILES string of the molecule is COc1ncc(C#CCCCN)s1. The standard InChI is InChI=1S/C9H12N2OS/c1-12-9-11-7-8(13-9)5-3-2-4-6-10/h7H,2,4,6,10H2,1H3. The van der Waals surface area contributed by atoms with E-state index in [4.69, 9.17) is 10.5 Å². The quantitative estimate of drug-likeness (QED) is 0.584. The Bertz CT molecular complexity index is 311. The highest BCUT2D eigenvalue weighted by Crippen LogP contribution is 2.18. The van der Waals surface area contributed by atoms with Gasteiger partial charge < -0.3 is 10.5 Å². The fourth-order valence-corrected chi connectivity index (χ4v) is 1.36. The molecule has 0 spiro atoms. The summed E-state index contributed by atoms with van der Waals surface area (Å²) in [6.07, 6.45) is 3.51. The number of rotatable bonds is 3. The topological polar surface area (TPSA) is 48.1 Å². The first-order valence-electron chi connectivity index (χ1n) is 4.05. The van der Waals surface area contributed by atoms with Gasteiger partial charge in [-0.05, 0) is 13.0 Å². The van der Waals surface area contributed by atoms with E-state index in [0.29, 0.717) is 11.7 Å². The summed E-state index contributed by atoms with van der Waals surface area (Å²) in [5, 5.41) is 0.656. The van der Waals surface area contributed by atoms with Gasteiger partial charge in [0.05, 0.1) is 13.3 Å². The molecule has 4 heteroatoms. The molecule has 0 atom stereocenters. The Hall–Kier alpha value is -1.05. The summed E-state index contributed by atoms with van der Waals surface area (Å²) in [6.45, 7) is 0.695. The first kappa shape index (κ1) is 10.0. The van der Waals surface area contributed by atoms with Crippen LogP contribution >= 0.6 is 11.3 Å². The van der Waals surface area contributed by atoms with Crippen LogP contribution in [0.3, 0.4) is 0 Å². The lowest BCUT2D eigenvalue weighted by Crippen LogP contribution is -1.96. The smallest absolute Gasteiger partial charge is 0.274 e. The van der Waals surface area contributed by atoms with E-state index in [-0.39, 0.29) is 0 Å². The lowest BCUT2D eigenvalue weighted by atomic mass is 10.3. The van der Waals surface area contributed by atoms with E-state index in [9.17, 15) is 0 Å². The van der Waals surface area contributed by atoms with Crippen molar-refractivity contribution in [3.05, 3.63) is 11.1 Å². The molecule has 0 unspecified atom stereocenters. The molecule has 1 rings (SSSR count). The number of thiazole rings is 1. The van der Waals surface area contributed by atoms with E-state index in [1.54, 1.807) is 13.3 Å². The molecule has 0 aliphatic carbocycles. The van der Waals surface area contributed by atoms with E-state index in [2.05, 4.69) is 16.8 Å². The van der Waals surface area contributed by atoms with Crippen molar-refractivity contribution in [1.82, 2.24) is 4.98 Å². The first-order chi connectivity index (χ1) is 6.36. The van der Waals surface area contributed by atoms with E-state index < -0.39 is 0 Å². The van der Waals surface area contributed by atoms with Crippen LogP contribution in [0.15, 0.2) is 6.20 Å². The Kier molecular flexibility index (Phi) is 4.30. The van der Waals surface area contributed by atoms with Gasteiger partial charge in [-0.1, -0.05) is 23.2 Å². The molecule has 0 aliphatic rings. The van der Waals surface area contributed by atoms with Gasteiger partial charge in [-0.25, -0.2) is 4.98 Å². The number of unbranched alkanes of at least 4 members (excludes halogenated alkanes) is 1. The molecule has 0 fully saturated rings. The van der Waals surface area contributed by atoms with Crippen LogP contribution < -0.4 is 10.5 Å². The van der Waals surface area contributed by atoms with Gasteiger partial charge in [-0.15, -0.1) is 0 Å². The predicted octanol–water partition coefficient (Wildman–Crippen LogP) is 1.24. The van der Waals surface area contributed by atoms with Gasteiger partial charge in [0.2, 0.25) is 0 Å². The number of methoxy groups -OCH3 is 1. The Labute approximate surface area is 81.9 Å². The van der Waals surface area contributed by atoms with Crippen molar-refractivity contribution < 1.29 is 4.74 Å². The molecule has 1 aromatic rings. The second kappa shape index (κ2) is 5.57. The van der Waals surface area contributed by atoms with Crippen molar-refractivity contribution in [2.24, 2.45) is 5.73 Å². The van der Waals surface area contributed by atoms with Crippen LogP contribution in [0.25, 0.3) is 0 Å². The molecule has 70 valence electrons. The molecular formula is C9H12N2OS. The van der Waals surface area contributed by atoms with E-state index in [1.165, 1.54) is 11.3 Å². The highest BCUT2D eigenvalue weighted by atomic mass is 32.1. The molecule has 1 aromatic heterocycles. The van der Waals surface area contributed by atoms with E-state index >= 15 is 0 Å². The van der Waals surface area contributed by atoms with Crippen molar-refractivity contribution in [3.63, 3.8) is 0 Å². The van der Waals surface area contributed by atoms with Crippen LogP contribution in [0.2, 0.25) is 0 Å². The summed E-state index contributed by atoms with van der Waals surface area (Å²) in [5.74, 6) is 6.03. The number of nitrogens with two attached hydrogens (primary N) is 1. The number of hydrogen-bond acceptors (Lipinski definition) is 4. The third kappa shape index (κ3) is 3.45. The highest BCUT2D eigenvalue weighted by Gasteiger charge is 1.96. The molecule has 1 heterocycles. The highest BCUT2D eigenvalue weighted by molar-refractivity contribution is 7.13. The normalized spacial score (nSPS) is 9.08. The number of hydrogen-bond donors (Lipinski definition) is 1. The van der Waals surface area contributed by atoms with Gasteiger partial charge in [0.25, 0.3) is 5.19 Å². The fraction of sp³-hybridized carbons (Fsp3) is 0.444. The summed E-state index contributed by atoms with van der Waals surface area (Å²) in [6, 6.07) is 0. The van der Waals surface area contributed by atoms with Crippen molar-refractivity contribution >= 4 is 11.3 Å². The maximum atomic E-state index is 5.34. The van der Waals surface area contributed by atoms with Gasteiger partial charge in [0.15, 0.2) is 0 Å². The summed E-state index contributed by atoms with van der Waals surface area (Å²) in [7, 11) is 1.60. The lowest BCUT2D eigenvalue weighted by Gasteiger charge is -1.85. The molecule has 0 bridgehead atoms. The Morgan fingerprint density at radius 1 is 1.69 bits per heavy atom. The number of aromatic nitrogens is 1. The first-order valence-corrected chi connectivity index (χ1v) is 4.87. The zero-order chi connectivity index (χ0) is 9.52. The Balaban J connectivity index is 2.46. The van der Waals surface area contributed by atoms with Crippen LogP contribution in [-0.4, -0.2) is 18.6 Å². The molecule has 0 aromatic carbocycles.